The quantitative estimate of drug-likeness (QED) is 0.918. The minimum atomic E-state index is 0.676. The monoisotopic (exact) mass is 331 g/mol. The van der Waals surface area contributed by atoms with Gasteiger partial charge < -0.3 is 5.32 Å². The summed E-state index contributed by atoms with van der Waals surface area (Å²) < 4.78 is 3.12. The lowest BCUT2D eigenvalue weighted by atomic mass is 9.95. The maximum Gasteiger partial charge on any atom is 0.0739 e. The van der Waals surface area contributed by atoms with E-state index in [9.17, 15) is 0 Å². The Balaban J connectivity index is 1.85. The van der Waals surface area contributed by atoms with Gasteiger partial charge in [-0.15, -0.1) is 0 Å². The second-order valence-corrected chi connectivity index (χ2v) is 6.99. The number of hydrogen-bond donors (Lipinski definition) is 1. The Morgan fingerprint density at radius 1 is 1.39 bits per heavy atom. The highest BCUT2D eigenvalue weighted by molar-refractivity contribution is 9.10. The van der Waals surface area contributed by atoms with Crippen molar-refractivity contribution in [1.29, 1.82) is 0 Å². The number of hydrogen-bond acceptors (Lipinski definition) is 3. The van der Waals surface area contributed by atoms with Crippen molar-refractivity contribution in [2.75, 3.05) is 6.26 Å². The first-order chi connectivity index (χ1) is 8.61. The first-order valence-electron chi connectivity index (χ1n) is 6.56. The van der Waals surface area contributed by atoms with Crippen LogP contribution in [0.1, 0.15) is 37.1 Å². The standard InChI is InChI=1S/C13H22BrN3S/c1-9-13(14)12(17(2)16-9)8-15-10-4-6-11(18-3)7-5-10/h10-11,15H,4-8H2,1-3H3. The predicted molar refractivity (Wildman–Crippen MR) is 82.0 cm³/mol. The molecule has 1 heterocycles. The van der Waals surface area contributed by atoms with Gasteiger partial charge in [0.15, 0.2) is 0 Å². The molecule has 0 atom stereocenters. The van der Waals surface area contributed by atoms with Crippen LogP contribution < -0.4 is 5.32 Å². The zero-order chi connectivity index (χ0) is 13.1. The fraction of sp³-hybridized carbons (Fsp3) is 0.769. The minimum absolute atomic E-state index is 0.676. The van der Waals surface area contributed by atoms with Crippen molar-refractivity contribution in [2.24, 2.45) is 7.05 Å². The molecule has 0 aliphatic heterocycles. The molecule has 0 aromatic carbocycles. The SMILES string of the molecule is CSC1CCC(NCc2c(Br)c(C)nn2C)CC1. The van der Waals surface area contributed by atoms with Gasteiger partial charge in [-0.05, 0) is 54.8 Å². The Morgan fingerprint density at radius 3 is 2.56 bits per heavy atom. The van der Waals surface area contributed by atoms with E-state index in [1.165, 1.54) is 31.4 Å². The number of rotatable bonds is 4. The molecule has 1 aliphatic rings. The number of halogens is 1. The normalized spacial score (nSPS) is 24.4. The number of thioether (sulfide) groups is 1. The molecular weight excluding hydrogens is 310 g/mol. The summed E-state index contributed by atoms with van der Waals surface area (Å²) in [6.07, 6.45) is 7.54. The van der Waals surface area contributed by atoms with Gasteiger partial charge >= 0.3 is 0 Å². The molecule has 0 spiro atoms. The molecule has 2 rings (SSSR count). The highest BCUT2D eigenvalue weighted by Gasteiger charge is 2.20. The molecule has 5 heteroatoms. The van der Waals surface area contributed by atoms with Crippen molar-refractivity contribution >= 4 is 27.7 Å². The van der Waals surface area contributed by atoms with E-state index in [2.05, 4.69) is 32.6 Å². The Hall–Kier alpha value is 0. The Kier molecular flexibility index (Phi) is 5.15. The lowest BCUT2D eigenvalue weighted by Gasteiger charge is -2.28. The van der Waals surface area contributed by atoms with Crippen LogP contribution in [0.4, 0.5) is 0 Å². The van der Waals surface area contributed by atoms with Crippen molar-refractivity contribution in [3.8, 4) is 0 Å². The number of aryl methyl sites for hydroxylation is 2. The van der Waals surface area contributed by atoms with Gasteiger partial charge in [-0.1, -0.05) is 0 Å². The molecule has 1 saturated carbocycles. The van der Waals surface area contributed by atoms with Crippen LogP contribution in [-0.2, 0) is 13.6 Å². The smallest absolute Gasteiger partial charge is 0.0739 e. The van der Waals surface area contributed by atoms with Crippen LogP contribution in [0.3, 0.4) is 0 Å². The topological polar surface area (TPSA) is 29.9 Å². The van der Waals surface area contributed by atoms with Crippen LogP contribution in [0.5, 0.6) is 0 Å². The summed E-state index contributed by atoms with van der Waals surface area (Å²) in [4.78, 5) is 0. The van der Waals surface area contributed by atoms with Gasteiger partial charge in [0.25, 0.3) is 0 Å². The number of nitrogens with one attached hydrogen (secondary N) is 1. The average Bonchev–Trinajstić information content (AvgIpc) is 2.62. The largest absolute Gasteiger partial charge is 0.308 e. The molecule has 1 N–H and O–H groups in total. The summed E-state index contributed by atoms with van der Waals surface area (Å²) in [6, 6.07) is 0.676. The van der Waals surface area contributed by atoms with E-state index >= 15 is 0 Å². The molecule has 3 nitrogen and oxygen atoms in total. The van der Waals surface area contributed by atoms with Crippen molar-refractivity contribution < 1.29 is 0 Å². The Morgan fingerprint density at radius 2 is 2.06 bits per heavy atom. The highest BCUT2D eigenvalue weighted by Crippen LogP contribution is 2.27. The summed E-state index contributed by atoms with van der Waals surface area (Å²) >= 11 is 5.64. The van der Waals surface area contributed by atoms with E-state index in [1.54, 1.807) is 0 Å². The first-order valence-corrected chi connectivity index (χ1v) is 8.64. The fourth-order valence-electron chi connectivity index (χ4n) is 2.62. The van der Waals surface area contributed by atoms with E-state index in [0.29, 0.717) is 6.04 Å². The summed E-state index contributed by atoms with van der Waals surface area (Å²) in [7, 11) is 2.01. The Labute approximate surface area is 122 Å². The van der Waals surface area contributed by atoms with E-state index in [0.717, 1.165) is 22.0 Å². The molecule has 1 aromatic heterocycles. The molecule has 0 bridgehead atoms. The molecule has 18 heavy (non-hydrogen) atoms. The third kappa shape index (κ3) is 3.31. The summed E-state index contributed by atoms with van der Waals surface area (Å²) in [5.74, 6) is 0. The third-order valence-electron chi connectivity index (χ3n) is 3.83. The van der Waals surface area contributed by atoms with Gasteiger partial charge in [0.05, 0.1) is 15.9 Å². The van der Waals surface area contributed by atoms with Gasteiger partial charge in [0, 0.05) is 24.9 Å². The molecule has 1 fully saturated rings. The molecule has 1 aromatic rings. The average molecular weight is 332 g/mol. The lowest BCUT2D eigenvalue weighted by Crippen LogP contribution is -2.34. The van der Waals surface area contributed by atoms with E-state index < -0.39 is 0 Å². The van der Waals surface area contributed by atoms with Crippen LogP contribution >= 0.6 is 27.7 Å². The number of nitrogens with zero attached hydrogens (tertiary/aromatic N) is 2. The second-order valence-electron chi connectivity index (χ2n) is 5.06. The van der Waals surface area contributed by atoms with E-state index in [-0.39, 0.29) is 0 Å². The molecule has 1 aliphatic carbocycles. The zero-order valence-electron chi connectivity index (χ0n) is 11.4. The van der Waals surface area contributed by atoms with Crippen LogP contribution in [-0.4, -0.2) is 27.3 Å². The molecule has 0 unspecified atom stereocenters. The van der Waals surface area contributed by atoms with Gasteiger partial charge in [-0.25, -0.2) is 0 Å². The van der Waals surface area contributed by atoms with Crippen molar-refractivity contribution in [3.05, 3.63) is 15.9 Å². The molecule has 0 radical (unpaired) electrons. The van der Waals surface area contributed by atoms with E-state index in [1.807, 2.05) is 30.4 Å². The molecule has 102 valence electrons. The highest BCUT2D eigenvalue weighted by atomic mass is 79.9. The van der Waals surface area contributed by atoms with Gasteiger partial charge in [-0.2, -0.15) is 16.9 Å². The summed E-state index contributed by atoms with van der Waals surface area (Å²) in [6.45, 7) is 2.95. The van der Waals surface area contributed by atoms with Crippen LogP contribution in [0, 0.1) is 6.92 Å². The second kappa shape index (κ2) is 6.44. The van der Waals surface area contributed by atoms with E-state index in [4.69, 9.17) is 0 Å². The van der Waals surface area contributed by atoms with Gasteiger partial charge in [0.1, 0.15) is 0 Å². The zero-order valence-corrected chi connectivity index (χ0v) is 13.8. The number of aromatic nitrogens is 2. The fourth-order valence-corrected chi connectivity index (χ4v) is 3.84. The van der Waals surface area contributed by atoms with Crippen LogP contribution in [0.25, 0.3) is 0 Å². The summed E-state index contributed by atoms with van der Waals surface area (Å²) in [5, 5.41) is 8.99. The lowest BCUT2D eigenvalue weighted by molar-refractivity contribution is 0.374. The maximum absolute atomic E-state index is 4.43. The van der Waals surface area contributed by atoms with Gasteiger partial charge in [0.2, 0.25) is 0 Å². The molecule has 0 saturated heterocycles. The van der Waals surface area contributed by atoms with Crippen molar-refractivity contribution in [2.45, 2.75) is 50.4 Å². The Bertz CT molecular complexity index is 397. The van der Waals surface area contributed by atoms with Crippen molar-refractivity contribution in [1.82, 2.24) is 15.1 Å². The van der Waals surface area contributed by atoms with Crippen LogP contribution in [0.2, 0.25) is 0 Å². The molecule has 0 amide bonds. The summed E-state index contributed by atoms with van der Waals surface area (Å²) in [5.41, 5.74) is 2.32. The maximum atomic E-state index is 4.43. The van der Waals surface area contributed by atoms with Crippen molar-refractivity contribution in [3.63, 3.8) is 0 Å². The minimum Gasteiger partial charge on any atom is -0.308 e. The third-order valence-corrected chi connectivity index (χ3v) is 6.00. The molecular formula is C13H22BrN3S. The predicted octanol–water partition coefficient (Wildman–Crippen LogP) is 3.25. The first kappa shape index (κ1) is 14.4. The van der Waals surface area contributed by atoms with Gasteiger partial charge in [-0.3, -0.25) is 4.68 Å². The van der Waals surface area contributed by atoms with Crippen LogP contribution in [0.15, 0.2) is 4.47 Å².